The van der Waals surface area contributed by atoms with E-state index in [2.05, 4.69) is 102 Å². The minimum Gasteiger partial charge on any atom is -0.284 e. The molecule has 30 heavy (non-hydrogen) atoms. The Balaban J connectivity index is 1.83. The number of benzene rings is 2. The van der Waals surface area contributed by atoms with E-state index < -0.39 is 0 Å². The molecule has 1 heterocycles. The van der Waals surface area contributed by atoms with Crippen molar-refractivity contribution in [2.75, 3.05) is 7.05 Å². The Labute approximate surface area is 181 Å². The van der Waals surface area contributed by atoms with Crippen molar-refractivity contribution in [2.24, 2.45) is 9.98 Å². The molecule has 0 radical (unpaired) electrons. The number of allylic oxidation sites excluding steroid dienone is 2. The van der Waals surface area contributed by atoms with Gasteiger partial charge in [0.05, 0.1) is 23.5 Å². The Kier molecular flexibility index (Phi) is 6.84. The Morgan fingerprint density at radius 3 is 1.30 bits per heavy atom. The molecule has 3 rings (SSSR count). The third-order valence-electron chi connectivity index (χ3n) is 5.65. The summed E-state index contributed by atoms with van der Waals surface area (Å²) in [6, 6.07) is 8.95. The fourth-order valence-corrected chi connectivity index (χ4v) is 4.19. The minimum atomic E-state index is 0.0942. The van der Waals surface area contributed by atoms with E-state index in [4.69, 9.17) is 9.98 Å². The summed E-state index contributed by atoms with van der Waals surface area (Å²) in [7, 11) is 2.12. The second-order valence-electron chi connectivity index (χ2n) is 8.47. The smallest absolute Gasteiger partial charge is 0.0685 e. The number of hydrogen-bond donors (Lipinski definition) is 0. The lowest BCUT2D eigenvalue weighted by Crippen LogP contribution is -2.39. The highest BCUT2D eigenvalue weighted by Crippen LogP contribution is 2.26. The van der Waals surface area contributed by atoms with E-state index in [0.29, 0.717) is 0 Å². The van der Waals surface area contributed by atoms with Crippen LogP contribution >= 0.6 is 0 Å². The van der Waals surface area contributed by atoms with Crippen molar-refractivity contribution >= 4 is 23.8 Å². The summed E-state index contributed by atoms with van der Waals surface area (Å²) < 4.78 is 0. The van der Waals surface area contributed by atoms with Gasteiger partial charge < -0.3 is 0 Å². The lowest BCUT2D eigenvalue weighted by Gasteiger charge is -2.26. The van der Waals surface area contributed by atoms with E-state index >= 15 is 0 Å². The summed E-state index contributed by atoms with van der Waals surface area (Å²) in [5.41, 5.74) is 9.54. The van der Waals surface area contributed by atoms with Crippen LogP contribution in [0.4, 0.5) is 11.4 Å². The molecule has 1 aliphatic heterocycles. The quantitative estimate of drug-likeness (QED) is 0.544. The van der Waals surface area contributed by atoms with Crippen molar-refractivity contribution in [3.63, 3.8) is 0 Å². The van der Waals surface area contributed by atoms with Crippen LogP contribution in [0.2, 0.25) is 0 Å². The van der Waals surface area contributed by atoms with Crippen LogP contribution in [0, 0.1) is 41.5 Å². The standard InChI is InChI=1S/C27H33N3/c1-18-12-20(3)26(21(4)13-18)28-16-24-10-8-9-11-25(30(24)7)17-29-27-22(5)14-19(2)15-23(27)6/h8-17,24-25H,1-7H3. The normalized spacial score (nSPS) is 19.8. The molecule has 0 aliphatic carbocycles. The molecule has 2 atom stereocenters. The van der Waals surface area contributed by atoms with Gasteiger partial charge in [0.25, 0.3) is 0 Å². The van der Waals surface area contributed by atoms with Gasteiger partial charge in [-0.3, -0.25) is 14.9 Å². The van der Waals surface area contributed by atoms with E-state index in [1.165, 1.54) is 33.4 Å². The fraction of sp³-hybridized carbons (Fsp3) is 0.333. The first kappa shape index (κ1) is 21.9. The molecule has 2 aromatic rings. The summed E-state index contributed by atoms with van der Waals surface area (Å²) in [5.74, 6) is 0. The van der Waals surface area contributed by atoms with Crippen LogP contribution in [-0.4, -0.2) is 36.5 Å². The lowest BCUT2D eigenvalue weighted by molar-refractivity contribution is 0.338. The molecule has 3 heteroatoms. The first-order chi connectivity index (χ1) is 14.3. The average Bonchev–Trinajstić information content (AvgIpc) is 2.82. The van der Waals surface area contributed by atoms with Gasteiger partial charge in [-0.15, -0.1) is 0 Å². The number of hydrogen-bond acceptors (Lipinski definition) is 3. The Morgan fingerprint density at radius 2 is 0.967 bits per heavy atom. The predicted octanol–water partition coefficient (Wildman–Crippen LogP) is 6.44. The Morgan fingerprint density at radius 1 is 0.633 bits per heavy atom. The van der Waals surface area contributed by atoms with Crippen LogP contribution < -0.4 is 0 Å². The van der Waals surface area contributed by atoms with Gasteiger partial charge in [-0.2, -0.15) is 0 Å². The van der Waals surface area contributed by atoms with E-state index in [1.54, 1.807) is 0 Å². The SMILES string of the molecule is Cc1cc(C)c(N=CC2C=CC=CC(C=Nc3c(C)cc(C)cc3C)N2C)c(C)c1. The second-order valence-corrected chi connectivity index (χ2v) is 8.47. The Bertz CT molecular complexity index is 911. The van der Waals surface area contributed by atoms with Gasteiger partial charge in [-0.25, -0.2) is 0 Å². The second kappa shape index (κ2) is 9.36. The molecule has 0 amide bonds. The maximum absolute atomic E-state index is 4.86. The van der Waals surface area contributed by atoms with Crippen molar-refractivity contribution in [1.82, 2.24) is 4.90 Å². The summed E-state index contributed by atoms with van der Waals surface area (Å²) >= 11 is 0. The van der Waals surface area contributed by atoms with Gasteiger partial charge in [-0.05, 0) is 70.8 Å². The van der Waals surface area contributed by atoms with E-state index in [0.717, 1.165) is 11.4 Å². The van der Waals surface area contributed by atoms with E-state index in [1.807, 2.05) is 12.4 Å². The highest BCUT2D eigenvalue weighted by Gasteiger charge is 2.18. The van der Waals surface area contributed by atoms with Gasteiger partial charge in [0.2, 0.25) is 0 Å². The van der Waals surface area contributed by atoms with Crippen molar-refractivity contribution in [3.8, 4) is 0 Å². The average molecular weight is 400 g/mol. The first-order valence-corrected chi connectivity index (χ1v) is 10.6. The van der Waals surface area contributed by atoms with Crippen LogP contribution in [0.1, 0.15) is 33.4 Å². The number of aryl methyl sites for hydroxylation is 6. The van der Waals surface area contributed by atoms with Crippen molar-refractivity contribution in [2.45, 2.75) is 53.6 Å². The van der Waals surface area contributed by atoms with Crippen molar-refractivity contribution in [1.29, 1.82) is 0 Å². The number of aliphatic imine (C=N–C) groups is 2. The molecule has 3 nitrogen and oxygen atoms in total. The number of rotatable bonds is 4. The molecule has 156 valence electrons. The zero-order chi connectivity index (χ0) is 21.8. The molecule has 1 aliphatic rings. The third-order valence-corrected chi connectivity index (χ3v) is 5.65. The summed E-state index contributed by atoms with van der Waals surface area (Å²) in [6.45, 7) is 12.8. The molecule has 0 bridgehead atoms. The van der Waals surface area contributed by atoms with Gasteiger partial charge in [0, 0.05) is 12.4 Å². The molecule has 0 fully saturated rings. The van der Waals surface area contributed by atoms with Crippen LogP contribution in [0.5, 0.6) is 0 Å². The van der Waals surface area contributed by atoms with Gasteiger partial charge in [0.15, 0.2) is 0 Å². The fourth-order valence-electron chi connectivity index (χ4n) is 4.19. The summed E-state index contributed by atoms with van der Waals surface area (Å²) in [5, 5.41) is 0. The molecule has 2 aromatic carbocycles. The van der Waals surface area contributed by atoms with Gasteiger partial charge in [0.1, 0.15) is 0 Å². The lowest BCUT2D eigenvalue weighted by atomic mass is 10.1. The minimum absolute atomic E-state index is 0.0942. The number of nitrogens with zero attached hydrogens (tertiary/aromatic N) is 3. The van der Waals surface area contributed by atoms with Crippen LogP contribution in [0.25, 0.3) is 0 Å². The van der Waals surface area contributed by atoms with Crippen LogP contribution in [0.3, 0.4) is 0 Å². The molecular formula is C27H33N3. The zero-order valence-corrected chi connectivity index (χ0v) is 19.3. The van der Waals surface area contributed by atoms with Crippen molar-refractivity contribution in [3.05, 3.63) is 82.0 Å². The first-order valence-electron chi connectivity index (χ1n) is 10.6. The predicted molar refractivity (Wildman–Crippen MR) is 131 cm³/mol. The molecular weight excluding hydrogens is 366 g/mol. The summed E-state index contributed by atoms with van der Waals surface area (Å²) in [6.07, 6.45) is 12.6. The number of likely N-dealkylation sites (N-methyl/N-ethyl adjacent to an activating group) is 1. The van der Waals surface area contributed by atoms with Crippen LogP contribution in [0.15, 0.2) is 58.6 Å². The Hall–Kier alpha value is -2.78. The largest absolute Gasteiger partial charge is 0.284 e. The van der Waals surface area contributed by atoms with E-state index in [-0.39, 0.29) is 12.1 Å². The maximum atomic E-state index is 4.86. The molecule has 0 aromatic heterocycles. The third kappa shape index (κ3) is 5.03. The zero-order valence-electron chi connectivity index (χ0n) is 19.3. The summed E-state index contributed by atoms with van der Waals surface area (Å²) in [4.78, 5) is 12.0. The van der Waals surface area contributed by atoms with Gasteiger partial charge >= 0.3 is 0 Å². The highest BCUT2D eigenvalue weighted by molar-refractivity contribution is 5.77. The monoisotopic (exact) mass is 399 g/mol. The molecule has 0 saturated carbocycles. The molecule has 2 unspecified atom stereocenters. The van der Waals surface area contributed by atoms with Gasteiger partial charge in [-0.1, -0.05) is 59.7 Å². The van der Waals surface area contributed by atoms with Crippen molar-refractivity contribution < 1.29 is 0 Å². The molecule has 0 spiro atoms. The molecule has 0 saturated heterocycles. The topological polar surface area (TPSA) is 28.0 Å². The van der Waals surface area contributed by atoms with E-state index in [9.17, 15) is 0 Å². The van der Waals surface area contributed by atoms with Crippen LogP contribution in [-0.2, 0) is 0 Å². The molecule has 0 N–H and O–H groups in total. The maximum Gasteiger partial charge on any atom is 0.0685 e. The highest BCUT2D eigenvalue weighted by atomic mass is 15.2.